The minimum Gasteiger partial charge on any atom is -0.389 e. The van der Waals surface area contributed by atoms with Crippen LogP contribution >= 0.6 is 0 Å². The smallest absolute Gasteiger partial charge is 0.134 e. The summed E-state index contributed by atoms with van der Waals surface area (Å²) in [5.74, 6) is 0.954. The Kier molecular flexibility index (Phi) is 3.38. The second-order valence-corrected chi connectivity index (χ2v) is 5.78. The molecule has 1 unspecified atom stereocenters. The maximum Gasteiger partial charge on any atom is 0.134 e. The van der Waals surface area contributed by atoms with E-state index in [9.17, 15) is 5.11 Å². The predicted molar refractivity (Wildman–Crippen MR) is 70.1 cm³/mol. The molecule has 0 amide bonds. The molecular weight excluding hydrogens is 212 g/mol. The first kappa shape index (κ1) is 12.4. The molecular formula is C14H22N2O. The molecule has 1 fully saturated rings. The minimum absolute atomic E-state index is 0.339. The molecule has 0 saturated carbocycles. The van der Waals surface area contributed by atoms with E-state index in [0.29, 0.717) is 5.41 Å². The molecule has 1 saturated heterocycles. The van der Waals surface area contributed by atoms with Crippen molar-refractivity contribution in [3.05, 3.63) is 23.9 Å². The van der Waals surface area contributed by atoms with Gasteiger partial charge >= 0.3 is 0 Å². The molecule has 1 aromatic heterocycles. The molecule has 17 heavy (non-hydrogen) atoms. The van der Waals surface area contributed by atoms with Crippen LogP contribution in [-0.4, -0.2) is 23.2 Å². The lowest BCUT2D eigenvalue weighted by Crippen LogP contribution is -2.41. The number of hydrogen-bond acceptors (Lipinski definition) is 3. The Morgan fingerprint density at radius 2 is 2.24 bits per heavy atom. The summed E-state index contributed by atoms with van der Waals surface area (Å²) in [6.45, 7) is 8.45. The topological polar surface area (TPSA) is 36.4 Å². The standard InChI is InChI=1S/C14H22N2O/c1-11(17)12-6-4-8-15-13(12)16-9-5-7-14(2,3)10-16/h4,6,8,11,17H,5,7,9-10H2,1-3H3. The average Bonchev–Trinajstić information content (AvgIpc) is 2.27. The highest BCUT2D eigenvalue weighted by Crippen LogP contribution is 2.33. The number of nitrogens with zero attached hydrogens (tertiary/aromatic N) is 2. The molecule has 0 aromatic carbocycles. The Hall–Kier alpha value is -1.09. The van der Waals surface area contributed by atoms with Crippen molar-refractivity contribution < 1.29 is 5.11 Å². The average molecular weight is 234 g/mol. The molecule has 3 heteroatoms. The summed E-state index contributed by atoms with van der Waals surface area (Å²) in [5.41, 5.74) is 1.27. The summed E-state index contributed by atoms with van der Waals surface area (Å²) in [4.78, 5) is 6.77. The summed E-state index contributed by atoms with van der Waals surface area (Å²) in [6, 6.07) is 3.86. The normalized spacial score (nSPS) is 21.3. The van der Waals surface area contributed by atoms with Gasteiger partial charge in [0, 0.05) is 24.8 Å². The first-order valence-electron chi connectivity index (χ1n) is 6.37. The lowest BCUT2D eigenvalue weighted by molar-refractivity contribution is 0.198. The van der Waals surface area contributed by atoms with Crippen molar-refractivity contribution in [1.29, 1.82) is 0 Å². The van der Waals surface area contributed by atoms with E-state index >= 15 is 0 Å². The number of aromatic nitrogens is 1. The largest absolute Gasteiger partial charge is 0.389 e. The highest BCUT2D eigenvalue weighted by Gasteiger charge is 2.28. The summed E-state index contributed by atoms with van der Waals surface area (Å²) in [6.07, 6.45) is 3.81. The van der Waals surface area contributed by atoms with Crippen LogP contribution < -0.4 is 4.90 Å². The second kappa shape index (κ2) is 4.65. The van der Waals surface area contributed by atoms with Gasteiger partial charge in [-0.3, -0.25) is 0 Å². The molecule has 3 nitrogen and oxygen atoms in total. The monoisotopic (exact) mass is 234 g/mol. The predicted octanol–water partition coefficient (Wildman–Crippen LogP) is 2.76. The molecule has 1 atom stereocenters. The van der Waals surface area contributed by atoms with Crippen molar-refractivity contribution in [3.63, 3.8) is 0 Å². The molecule has 2 rings (SSSR count). The van der Waals surface area contributed by atoms with Crippen LogP contribution in [0.1, 0.15) is 45.3 Å². The Morgan fingerprint density at radius 1 is 1.47 bits per heavy atom. The molecule has 0 bridgehead atoms. The van der Waals surface area contributed by atoms with Gasteiger partial charge in [-0.25, -0.2) is 4.98 Å². The van der Waals surface area contributed by atoms with Crippen molar-refractivity contribution >= 4 is 5.82 Å². The Bertz CT molecular complexity index is 388. The zero-order chi connectivity index (χ0) is 12.5. The first-order chi connectivity index (χ1) is 7.99. The Labute approximate surface area is 103 Å². The fraction of sp³-hybridized carbons (Fsp3) is 0.643. The van der Waals surface area contributed by atoms with E-state index in [2.05, 4.69) is 23.7 Å². The van der Waals surface area contributed by atoms with Crippen LogP contribution in [0, 0.1) is 5.41 Å². The molecule has 0 aliphatic carbocycles. The highest BCUT2D eigenvalue weighted by atomic mass is 16.3. The molecule has 0 spiro atoms. The minimum atomic E-state index is -0.455. The maximum absolute atomic E-state index is 9.80. The van der Waals surface area contributed by atoms with Gasteiger partial charge in [-0.2, -0.15) is 0 Å². The number of pyridine rings is 1. The summed E-state index contributed by atoms with van der Waals surface area (Å²) < 4.78 is 0. The third-order valence-corrected chi connectivity index (χ3v) is 3.47. The zero-order valence-electron chi connectivity index (χ0n) is 11.0. The summed E-state index contributed by atoms with van der Waals surface area (Å²) >= 11 is 0. The Morgan fingerprint density at radius 3 is 2.88 bits per heavy atom. The molecule has 94 valence electrons. The molecule has 1 aliphatic heterocycles. The van der Waals surface area contributed by atoms with Crippen molar-refractivity contribution in [2.75, 3.05) is 18.0 Å². The van der Waals surface area contributed by atoms with Crippen LogP contribution in [0.25, 0.3) is 0 Å². The fourth-order valence-electron chi connectivity index (χ4n) is 2.60. The van der Waals surface area contributed by atoms with E-state index in [1.165, 1.54) is 12.8 Å². The van der Waals surface area contributed by atoms with E-state index < -0.39 is 6.10 Å². The van der Waals surface area contributed by atoms with Crippen molar-refractivity contribution in [3.8, 4) is 0 Å². The number of aliphatic hydroxyl groups excluding tert-OH is 1. The molecule has 1 aromatic rings. The van der Waals surface area contributed by atoms with Crippen LogP contribution in [0.4, 0.5) is 5.82 Å². The van der Waals surface area contributed by atoms with Gasteiger partial charge in [0.1, 0.15) is 5.82 Å². The van der Waals surface area contributed by atoms with Crippen molar-refractivity contribution in [2.45, 2.75) is 39.7 Å². The van der Waals surface area contributed by atoms with E-state index in [4.69, 9.17) is 0 Å². The number of piperidine rings is 1. The van der Waals surface area contributed by atoms with Gasteiger partial charge in [0.25, 0.3) is 0 Å². The Balaban J connectivity index is 2.27. The van der Waals surface area contributed by atoms with Crippen LogP contribution in [-0.2, 0) is 0 Å². The van der Waals surface area contributed by atoms with Crippen molar-refractivity contribution in [2.24, 2.45) is 5.41 Å². The van der Waals surface area contributed by atoms with E-state index in [1.807, 2.05) is 18.3 Å². The molecule has 2 heterocycles. The first-order valence-corrected chi connectivity index (χ1v) is 6.37. The molecule has 0 radical (unpaired) electrons. The number of rotatable bonds is 2. The van der Waals surface area contributed by atoms with Crippen LogP contribution in [0.3, 0.4) is 0 Å². The van der Waals surface area contributed by atoms with E-state index in [1.54, 1.807) is 6.92 Å². The lowest BCUT2D eigenvalue weighted by atomic mass is 9.84. The van der Waals surface area contributed by atoms with Gasteiger partial charge in [-0.05, 0) is 31.2 Å². The zero-order valence-corrected chi connectivity index (χ0v) is 11.0. The van der Waals surface area contributed by atoms with Gasteiger partial charge in [0.05, 0.1) is 6.10 Å². The maximum atomic E-state index is 9.80. The quantitative estimate of drug-likeness (QED) is 0.854. The van der Waals surface area contributed by atoms with Gasteiger partial charge < -0.3 is 10.0 Å². The van der Waals surface area contributed by atoms with Gasteiger partial charge in [0.15, 0.2) is 0 Å². The van der Waals surface area contributed by atoms with E-state index in [-0.39, 0.29) is 0 Å². The number of anilines is 1. The van der Waals surface area contributed by atoms with Gasteiger partial charge in [-0.15, -0.1) is 0 Å². The van der Waals surface area contributed by atoms with Crippen LogP contribution in [0.2, 0.25) is 0 Å². The second-order valence-electron chi connectivity index (χ2n) is 5.78. The van der Waals surface area contributed by atoms with Crippen LogP contribution in [0.5, 0.6) is 0 Å². The third-order valence-electron chi connectivity index (χ3n) is 3.47. The van der Waals surface area contributed by atoms with Crippen LogP contribution in [0.15, 0.2) is 18.3 Å². The number of hydrogen-bond donors (Lipinski definition) is 1. The summed E-state index contributed by atoms with van der Waals surface area (Å²) in [7, 11) is 0. The van der Waals surface area contributed by atoms with Gasteiger partial charge in [0.2, 0.25) is 0 Å². The van der Waals surface area contributed by atoms with E-state index in [0.717, 1.165) is 24.5 Å². The SMILES string of the molecule is CC(O)c1cccnc1N1CCCC(C)(C)C1. The van der Waals surface area contributed by atoms with Gasteiger partial charge in [-0.1, -0.05) is 19.9 Å². The third kappa shape index (κ3) is 2.78. The summed E-state index contributed by atoms with van der Waals surface area (Å²) in [5, 5.41) is 9.80. The fourth-order valence-corrected chi connectivity index (χ4v) is 2.60. The molecule has 1 aliphatic rings. The highest BCUT2D eigenvalue weighted by molar-refractivity contribution is 5.48. The molecule has 1 N–H and O–H groups in total. The van der Waals surface area contributed by atoms with Crippen molar-refractivity contribution in [1.82, 2.24) is 4.98 Å². The lowest BCUT2D eigenvalue weighted by Gasteiger charge is -2.39. The number of aliphatic hydroxyl groups is 1.